The number of benzene rings is 1. The zero-order valence-corrected chi connectivity index (χ0v) is 18.4. The number of aromatic nitrogens is 1. The van der Waals surface area contributed by atoms with Crippen molar-refractivity contribution in [2.75, 3.05) is 23.4 Å². The second kappa shape index (κ2) is 7.80. The van der Waals surface area contributed by atoms with Crippen molar-refractivity contribution < 1.29 is 14.3 Å². The molecule has 0 unspecified atom stereocenters. The molecule has 5 rings (SSSR count). The number of rotatable bonds is 4. The number of aryl methyl sites for hydroxylation is 2. The molecule has 0 fully saturated rings. The molecule has 3 aromatic rings. The Labute approximate surface area is 186 Å². The van der Waals surface area contributed by atoms with Crippen molar-refractivity contribution in [1.82, 2.24) is 4.98 Å². The molecule has 2 aliphatic rings. The molecular weight excluding hydrogens is 432 g/mol. The van der Waals surface area contributed by atoms with Gasteiger partial charge in [0.25, 0.3) is 5.91 Å². The zero-order valence-electron chi connectivity index (χ0n) is 16.7. The average Bonchev–Trinajstić information content (AvgIpc) is 3.46. The molecule has 31 heavy (non-hydrogen) atoms. The molecule has 0 bridgehead atoms. The third-order valence-electron chi connectivity index (χ3n) is 5.40. The maximum absolute atomic E-state index is 12.8. The first-order chi connectivity index (χ1) is 15.0. The van der Waals surface area contributed by atoms with Gasteiger partial charge in [-0.3, -0.25) is 14.5 Å². The van der Waals surface area contributed by atoms with Crippen LogP contribution in [0.4, 0.5) is 10.7 Å². The number of hydrogen-bond acceptors (Lipinski definition) is 7. The summed E-state index contributed by atoms with van der Waals surface area (Å²) in [6, 6.07) is 7.75. The summed E-state index contributed by atoms with van der Waals surface area (Å²) in [7, 11) is 0. The summed E-state index contributed by atoms with van der Waals surface area (Å²) >= 11 is 3.01. The highest BCUT2D eigenvalue weighted by Gasteiger charge is 2.29. The number of nitrogens with one attached hydrogen (secondary N) is 1. The van der Waals surface area contributed by atoms with E-state index >= 15 is 0 Å². The number of ether oxygens (including phenoxy) is 1. The van der Waals surface area contributed by atoms with Gasteiger partial charge in [-0.05, 0) is 49.9 Å². The number of hydrogen-bond donors (Lipinski definition) is 1. The van der Waals surface area contributed by atoms with E-state index in [9.17, 15) is 14.9 Å². The normalized spacial score (nSPS) is 14.6. The highest BCUT2D eigenvalue weighted by Crippen LogP contribution is 2.39. The Kier molecular flexibility index (Phi) is 4.96. The third-order valence-corrected chi connectivity index (χ3v) is 7.39. The number of thiophene rings is 1. The fourth-order valence-corrected chi connectivity index (χ4v) is 5.83. The van der Waals surface area contributed by atoms with E-state index in [1.54, 1.807) is 17.4 Å². The van der Waals surface area contributed by atoms with Gasteiger partial charge in [0.05, 0.1) is 22.0 Å². The van der Waals surface area contributed by atoms with Crippen molar-refractivity contribution >= 4 is 45.2 Å². The minimum Gasteiger partial charge on any atom is -0.482 e. The Morgan fingerprint density at radius 1 is 1.39 bits per heavy atom. The van der Waals surface area contributed by atoms with E-state index in [-0.39, 0.29) is 25.0 Å². The lowest BCUT2D eigenvalue weighted by atomic mass is 10.1. The van der Waals surface area contributed by atoms with Crippen LogP contribution >= 0.6 is 22.7 Å². The van der Waals surface area contributed by atoms with Gasteiger partial charge in [0.15, 0.2) is 6.61 Å². The van der Waals surface area contributed by atoms with Gasteiger partial charge in [0.1, 0.15) is 23.4 Å². The van der Waals surface area contributed by atoms with Gasteiger partial charge in [0, 0.05) is 15.8 Å². The molecule has 1 aliphatic heterocycles. The predicted octanol–water partition coefficient (Wildman–Crippen LogP) is 3.90. The van der Waals surface area contributed by atoms with E-state index in [0.717, 1.165) is 41.1 Å². The number of nitrogens with zero attached hydrogens (tertiary/aromatic N) is 3. The van der Waals surface area contributed by atoms with Crippen LogP contribution in [-0.2, 0) is 22.4 Å². The van der Waals surface area contributed by atoms with E-state index in [1.165, 1.54) is 21.1 Å². The Morgan fingerprint density at radius 3 is 3.03 bits per heavy atom. The highest BCUT2D eigenvalue weighted by atomic mass is 32.1. The number of carbonyl (C=O) groups is 2. The zero-order chi connectivity index (χ0) is 21.5. The molecule has 0 radical (unpaired) electrons. The highest BCUT2D eigenvalue weighted by molar-refractivity contribution is 7.16. The number of anilines is 2. The van der Waals surface area contributed by atoms with Crippen molar-refractivity contribution in [2.45, 2.75) is 26.2 Å². The van der Waals surface area contributed by atoms with Gasteiger partial charge < -0.3 is 10.1 Å². The molecule has 2 amide bonds. The maximum atomic E-state index is 12.8. The fourth-order valence-electron chi connectivity index (χ4n) is 3.95. The topological polar surface area (TPSA) is 95.3 Å². The molecule has 156 valence electrons. The monoisotopic (exact) mass is 450 g/mol. The molecule has 1 N–H and O–H groups in total. The maximum Gasteiger partial charge on any atom is 0.265 e. The number of nitriles is 1. The molecule has 0 spiro atoms. The summed E-state index contributed by atoms with van der Waals surface area (Å²) in [5.41, 5.74) is 3.83. The summed E-state index contributed by atoms with van der Waals surface area (Å²) < 4.78 is 5.56. The van der Waals surface area contributed by atoms with Crippen LogP contribution in [0.1, 0.15) is 27.4 Å². The molecular formula is C22H18N4O3S2. The van der Waals surface area contributed by atoms with Crippen molar-refractivity contribution in [2.24, 2.45) is 0 Å². The number of carbonyl (C=O) groups excluding carboxylic acids is 2. The van der Waals surface area contributed by atoms with E-state index < -0.39 is 0 Å². The second-order valence-corrected chi connectivity index (χ2v) is 9.59. The molecule has 0 saturated carbocycles. The van der Waals surface area contributed by atoms with Gasteiger partial charge in [-0.2, -0.15) is 5.26 Å². The van der Waals surface area contributed by atoms with E-state index in [0.29, 0.717) is 22.0 Å². The molecule has 2 aromatic heterocycles. The minimum atomic E-state index is -0.340. The summed E-state index contributed by atoms with van der Waals surface area (Å²) in [5, 5.41) is 15.9. The summed E-state index contributed by atoms with van der Waals surface area (Å²) in [6.45, 7) is 1.67. The number of thiazole rings is 1. The average molecular weight is 451 g/mol. The van der Waals surface area contributed by atoms with Gasteiger partial charge in [-0.1, -0.05) is 0 Å². The lowest BCUT2D eigenvalue weighted by molar-refractivity contribution is -0.123. The van der Waals surface area contributed by atoms with Crippen LogP contribution in [0.3, 0.4) is 0 Å². The number of amides is 2. The van der Waals surface area contributed by atoms with Crippen LogP contribution in [0.15, 0.2) is 23.6 Å². The van der Waals surface area contributed by atoms with Crippen molar-refractivity contribution in [3.63, 3.8) is 0 Å². The molecule has 0 atom stereocenters. The number of fused-ring (bicyclic) bond motifs is 2. The predicted molar refractivity (Wildman–Crippen MR) is 120 cm³/mol. The Balaban J connectivity index is 1.40. The summed E-state index contributed by atoms with van der Waals surface area (Å²) in [4.78, 5) is 32.5. The molecule has 7 nitrogen and oxygen atoms in total. The Hall–Kier alpha value is -3.22. The van der Waals surface area contributed by atoms with Crippen LogP contribution in [0.5, 0.6) is 5.75 Å². The van der Waals surface area contributed by atoms with Crippen LogP contribution in [0, 0.1) is 18.3 Å². The first-order valence-corrected chi connectivity index (χ1v) is 11.6. The van der Waals surface area contributed by atoms with Gasteiger partial charge in [0.2, 0.25) is 5.91 Å². The van der Waals surface area contributed by atoms with E-state index in [4.69, 9.17) is 4.74 Å². The van der Waals surface area contributed by atoms with Crippen molar-refractivity contribution in [3.8, 4) is 23.1 Å². The molecule has 9 heteroatoms. The first kappa shape index (κ1) is 19.7. The third kappa shape index (κ3) is 3.58. The second-order valence-electron chi connectivity index (χ2n) is 7.42. The van der Waals surface area contributed by atoms with Crippen LogP contribution < -0.4 is 15.0 Å². The van der Waals surface area contributed by atoms with Crippen LogP contribution in [0.2, 0.25) is 0 Å². The Morgan fingerprint density at radius 2 is 2.26 bits per heavy atom. The van der Waals surface area contributed by atoms with Gasteiger partial charge in [-0.15, -0.1) is 22.7 Å². The van der Waals surface area contributed by atoms with Crippen LogP contribution in [-0.4, -0.2) is 29.9 Å². The van der Waals surface area contributed by atoms with Gasteiger partial charge >= 0.3 is 0 Å². The Bertz CT molecular complexity index is 1250. The summed E-state index contributed by atoms with van der Waals surface area (Å²) in [5.74, 6) is -0.0770. The first-order valence-electron chi connectivity index (χ1n) is 9.87. The SMILES string of the molecule is Cc1nc(-c2ccc3c(c2)N(CC(=O)Nc2sc4c(c2C#N)CCC4)C(=O)CO3)cs1. The van der Waals surface area contributed by atoms with Crippen molar-refractivity contribution in [1.29, 1.82) is 5.26 Å². The standard InChI is InChI=1S/C22H18N4O3S2/c1-12-24-16(11-30-12)13-5-6-18-17(7-13)26(21(28)10-29-18)9-20(27)25-22-15(8-23)14-3-2-4-19(14)31-22/h5-7,11H,2-4,9-10H2,1H3,(H,25,27). The largest absolute Gasteiger partial charge is 0.482 e. The van der Waals surface area contributed by atoms with E-state index in [2.05, 4.69) is 16.4 Å². The molecule has 0 saturated heterocycles. The molecule has 1 aromatic carbocycles. The lowest BCUT2D eigenvalue weighted by Gasteiger charge is -2.29. The van der Waals surface area contributed by atoms with Crippen LogP contribution in [0.25, 0.3) is 11.3 Å². The van der Waals surface area contributed by atoms with E-state index in [1.807, 2.05) is 24.4 Å². The van der Waals surface area contributed by atoms with Gasteiger partial charge in [-0.25, -0.2) is 4.98 Å². The smallest absolute Gasteiger partial charge is 0.265 e. The quantitative estimate of drug-likeness (QED) is 0.650. The fraction of sp³-hybridized carbons (Fsp3) is 0.273. The van der Waals surface area contributed by atoms with Crippen molar-refractivity contribution in [3.05, 3.63) is 44.6 Å². The lowest BCUT2D eigenvalue weighted by Crippen LogP contribution is -2.43. The molecule has 1 aliphatic carbocycles. The minimum absolute atomic E-state index is 0.119. The molecule has 3 heterocycles. The summed E-state index contributed by atoms with van der Waals surface area (Å²) in [6.07, 6.45) is 2.86.